The van der Waals surface area contributed by atoms with Crippen molar-refractivity contribution >= 4 is 11.9 Å². The van der Waals surface area contributed by atoms with Gasteiger partial charge in [0.25, 0.3) is 0 Å². The zero-order valence-corrected chi connectivity index (χ0v) is 11.4. The molecule has 0 fully saturated rings. The lowest BCUT2D eigenvalue weighted by Crippen LogP contribution is -2.38. The Kier molecular flexibility index (Phi) is 4.91. The number of rotatable bonds is 3. The Morgan fingerprint density at radius 3 is 2.22 bits per heavy atom. The van der Waals surface area contributed by atoms with Crippen molar-refractivity contribution in [1.29, 1.82) is 0 Å². The molecule has 120 valence electrons. The van der Waals surface area contributed by atoms with E-state index in [0.717, 1.165) is 6.20 Å². The number of halogens is 3. The number of carbonyl (C=O) groups is 2. The predicted octanol–water partition coefficient (Wildman–Crippen LogP) is 2.75. The highest BCUT2D eigenvalue weighted by Crippen LogP contribution is 2.21. The molecule has 0 saturated carbocycles. The normalized spacial score (nSPS) is 10.9. The minimum Gasteiger partial charge on any atom is -0.306 e. The average molecular weight is 326 g/mol. The first-order chi connectivity index (χ1) is 10.9. The molecule has 1 heterocycles. The van der Waals surface area contributed by atoms with Crippen LogP contribution >= 0.6 is 0 Å². The van der Waals surface area contributed by atoms with Crippen LogP contribution in [0.3, 0.4) is 0 Å². The number of pyridine rings is 1. The van der Waals surface area contributed by atoms with Gasteiger partial charge in [-0.15, -0.1) is 18.0 Å². The van der Waals surface area contributed by atoms with Crippen molar-refractivity contribution in [2.24, 2.45) is 0 Å². The van der Waals surface area contributed by atoms with Gasteiger partial charge in [0.05, 0.1) is 5.56 Å². The van der Waals surface area contributed by atoms with E-state index < -0.39 is 23.5 Å². The molecule has 2 aromatic rings. The minimum atomic E-state index is -5.22. The average Bonchev–Trinajstić information content (AvgIpc) is 2.54. The summed E-state index contributed by atoms with van der Waals surface area (Å²) in [7, 11) is 0. The van der Waals surface area contributed by atoms with E-state index in [1.165, 1.54) is 42.6 Å². The first-order valence-corrected chi connectivity index (χ1v) is 6.14. The molecule has 0 radical (unpaired) electrons. The lowest BCUT2D eigenvalue weighted by molar-refractivity contribution is -0.457. The number of carbonyl (C=O) groups excluding carboxylic acids is 2. The monoisotopic (exact) mass is 326 g/mol. The Morgan fingerprint density at radius 1 is 1.00 bits per heavy atom. The quantitative estimate of drug-likeness (QED) is 0.811. The standard InChI is InChI=1S/C14H9F3N2O4/c15-14(16,17)23-19(12(20)10-5-2-1-3-6-10)22-13(21)11-7-4-8-18-9-11/h1-9H. The van der Waals surface area contributed by atoms with Gasteiger partial charge in [-0.05, 0) is 29.5 Å². The van der Waals surface area contributed by atoms with Crippen LogP contribution in [0.15, 0.2) is 54.9 Å². The summed E-state index contributed by atoms with van der Waals surface area (Å²) in [4.78, 5) is 35.3. The second-order valence-corrected chi connectivity index (χ2v) is 4.09. The summed E-state index contributed by atoms with van der Waals surface area (Å²) in [5.74, 6) is -2.52. The van der Waals surface area contributed by atoms with E-state index >= 15 is 0 Å². The van der Waals surface area contributed by atoms with Crippen LogP contribution in [0.2, 0.25) is 0 Å². The van der Waals surface area contributed by atoms with E-state index in [-0.39, 0.29) is 11.1 Å². The van der Waals surface area contributed by atoms with Gasteiger partial charge in [-0.3, -0.25) is 9.78 Å². The number of hydrogen-bond acceptors (Lipinski definition) is 5. The molecule has 2 rings (SSSR count). The molecule has 0 bridgehead atoms. The molecule has 0 spiro atoms. The van der Waals surface area contributed by atoms with Crippen molar-refractivity contribution in [3.63, 3.8) is 0 Å². The van der Waals surface area contributed by atoms with Crippen LogP contribution in [0.4, 0.5) is 13.2 Å². The highest BCUT2D eigenvalue weighted by molar-refractivity contribution is 5.95. The molecule has 23 heavy (non-hydrogen) atoms. The lowest BCUT2D eigenvalue weighted by atomic mass is 10.2. The fourth-order valence-corrected chi connectivity index (χ4v) is 1.49. The van der Waals surface area contributed by atoms with Gasteiger partial charge in [-0.25, -0.2) is 4.79 Å². The third-order valence-electron chi connectivity index (χ3n) is 2.44. The van der Waals surface area contributed by atoms with Crippen molar-refractivity contribution in [3.05, 3.63) is 66.0 Å². The number of amides is 1. The number of aromatic nitrogens is 1. The summed E-state index contributed by atoms with van der Waals surface area (Å²) in [5.41, 5.74) is -0.306. The van der Waals surface area contributed by atoms with Gasteiger partial charge in [0, 0.05) is 18.0 Å². The Balaban J connectivity index is 2.21. The first kappa shape index (κ1) is 16.4. The molecule has 0 aliphatic carbocycles. The third kappa shape index (κ3) is 4.78. The van der Waals surface area contributed by atoms with Crippen molar-refractivity contribution in [2.75, 3.05) is 0 Å². The van der Waals surface area contributed by atoms with E-state index in [0.29, 0.717) is 0 Å². The summed E-state index contributed by atoms with van der Waals surface area (Å²) >= 11 is 0. The summed E-state index contributed by atoms with van der Waals surface area (Å²) < 4.78 is 37.2. The number of benzene rings is 1. The van der Waals surface area contributed by atoms with Crippen LogP contribution in [-0.2, 0) is 9.68 Å². The van der Waals surface area contributed by atoms with E-state index in [4.69, 9.17) is 0 Å². The lowest BCUT2D eigenvalue weighted by Gasteiger charge is -2.20. The van der Waals surface area contributed by atoms with E-state index in [9.17, 15) is 22.8 Å². The SMILES string of the molecule is O=C(ON(OC(F)(F)F)C(=O)c1ccccc1)c1cccnc1. The molecule has 6 nitrogen and oxygen atoms in total. The van der Waals surface area contributed by atoms with Crippen LogP contribution in [0.1, 0.15) is 20.7 Å². The van der Waals surface area contributed by atoms with E-state index in [1.54, 1.807) is 6.07 Å². The number of alkyl halides is 3. The summed E-state index contributed by atoms with van der Waals surface area (Å²) in [6, 6.07) is 9.55. The predicted molar refractivity (Wildman–Crippen MR) is 69.4 cm³/mol. The van der Waals surface area contributed by atoms with Crippen molar-refractivity contribution < 1.29 is 32.4 Å². The number of hydrogen-bond donors (Lipinski definition) is 0. The van der Waals surface area contributed by atoms with Gasteiger partial charge < -0.3 is 4.84 Å². The maximum absolute atomic E-state index is 12.4. The molecule has 0 unspecified atom stereocenters. The maximum Gasteiger partial charge on any atom is 0.546 e. The van der Waals surface area contributed by atoms with Gasteiger partial charge in [0.1, 0.15) is 0 Å². The summed E-state index contributed by atoms with van der Waals surface area (Å²) in [6.07, 6.45) is -2.80. The highest BCUT2D eigenvalue weighted by atomic mass is 19.4. The molecular formula is C14H9F3N2O4. The molecule has 1 amide bonds. The Hall–Kier alpha value is -2.94. The largest absolute Gasteiger partial charge is 0.546 e. The van der Waals surface area contributed by atoms with Crippen LogP contribution in [-0.4, -0.2) is 28.4 Å². The van der Waals surface area contributed by atoms with Crippen LogP contribution < -0.4 is 0 Å². The Bertz CT molecular complexity index is 677. The molecule has 0 aliphatic rings. The van der Waals surface area contributed by atoms with Crippen LogP contribution in [0, 0.1) is 0 Å². The van der Waals surface area contributed by atoms with E-state index in [2.05, 4.69) is 14.7 Å². The van der Waals surface area contributed by atoms with Gasteiger partial charge in [-0.2, -0.15) is 0 Å². The second-order valence-electron chi connectivity index (χ2n) is 4.09. The summed E-state index contributed by atoms with van der Waals surface area (Å²) in [5, 5.41) is -0.509. The number of hydroxylamine groups is 2. The van der Waals surface area contributed by atoms with Crippen molar-refractivity contribution in [3.8, 4) is 0 Å². The summed E-state index contributed by atoms with van der Waals surface area (Å²) in [6.45, 7) is 0. The smallest absolute Gasteiger partial charge is 0.306 e. The zero-order valence-electron chi connectivity index (χ0n) is 11.4. The van der Waals surface area contributed by atoms with Crippen molar-refractivity contribution in [1.82, 2.24) is 10.2 Å². The molecule has 1 aromatic carbocycles. The van der Waals surface area contributed by atoms with E-state index in [1.807, 2.05) is 0 Å². The minimum absolute atomic E-state index is 0.149. The molecule has 0 saturated heterocycles. The van der Waals surface area contributed by atoms with Gasteiger partial charge >= 0.3 is 18.2 Å². The topological polar surface area (TPSA) is 68.7 Å². The third-order valence-corrected chi connectivity index (χ3v) is 2.44. The fraction of sp³-hybridized carbons (Fsp3) is 0.0714. The van der Waals surface area contributed by atoms with Crippen molar-refractivity contribution in [2.45, 2.75) is 6.36 Å². The maximum atomic E-state index is 12.4. The Labute approximate surface area is 128 Å². The van der Waals surface area contributed by atoms with Crippen LogP contribution in [0.5, 0.6) is 0 Å². The molecule has 9 heteroatoms. The molecule has 0 N–H and O–H groups in total. The zero-order chi connectivity index (χ0) is 16.9. The van der Waals surface area contributed by atoms with Gasteiger partial charge in [0.2, 0.25) is 0 Å². The van der Waals surface area contributed by atoms with Crippen LogP contribution in [0.25, 0.3) is 0 Å². The molecule has 0 aliphatic heterocycles. The Morgan fingerprint density at radius 2 is 1.65 bits per heavy atom. The fourth-order valence-electron chi connectivity index (χ4n) is 1.49. The number of nitrogens with zero attached hydrogens (tertiary/aromatic N) is 2. The van der Waals surface area contributed by atoms with Gasteiger partial charge in [0.15, 0.2) is 0 Å². The second kappa shape index (κ2) is 6.88. The molecule has 0 atom stereocenters. The first-order valence-electron chi connectivity index (χ1n) is 6.14. The molecular weight excluding hydrogens is 317 g/mol. The van der Waals surface area contributed by atoms with Gasteiger partial charge in [-0.1, -0.05) is 18.2 Å². The highest BCUT2D eigenvalue weighted by Gasteiger charge is 2.38. The molecule has 1 aromatic heterocycles.